The van der Waals surface area contributed by atoms with Crippen LogP contribution in [-0.4, -0.2) is 75.7 Å². The largest absolute Gasteiger partial charge is 0.490 e. The summed E-state index contributed by atoms with van der Waals surface area (Å²) in [5.41, 5.74) is 1.92. The highest BCUT2D eigenvalue weighted by Gasteiger charge is 2.61. The van der Waals surface area contributed by atoms with Gasteiger partial charge < -0.3 is 9.84 Å². The molecule has 33 heavy (non-hydrogen) atoms. The van der Waals surface area contributed by atoms with E-state index in [1.165, 1.54) is 0 Å². The van der Waals surface area contributed by atoms with Crippen molar-refractivity contribution >= 4 is 15.8 Å². The van der Waals surface area contributed by atoms with Gasteiger partial charge in [-0.3, -0.25) is 9.88 Å². The van der Waals surface area contributed by atoms with Crippen molar-refractivity contribution in [3.63, 3.8) is 0 Å². The van der Waals surface area contributed by atoms with Gasteiger partial charge in [-0.2, -0.15) is 13.2 Å². The lowest BCUT2D eigenvalue weighted by molar-refractivity contribution is -0.192. The summed E-state index contributed by atoms with van der Waals surface area (Å²) in [7, 11) is -3.11. The number of rotatable bonds is 5. The fraction of sp³-hybridized carbons (Fsp3) is 0.500. The molecule has 13 heteroatoms. The number of pyridine rings is 1. The lowest BCUT2D eigenvalue weighted by atomic mass is 9.83. The van der Waals surface area contributed by atoms with Crippen LogP contribution in [0, 0.1) is 12.8 Å². The zero-order chi connectivity index (χ0) is 24.3. The van der Waals surface area contributed by atoms with Gasteiger partial charge in [-0.05, 0) is 31.0 Å². The molecule has 2 saturated heterocycles. The SMILES string of the molecule is Cc1ccnc(OCC2CCS(=O)(=O)C23CN(Cc2cccnc2)C3)n1.O=C(O)C(F)(F)F. The molecular formula is C20H23F3N4O5S. The zero-order valence-electron chi connectivity index (χ0n) is 17.7. The number of carbonyl (C=O) groups is 1. The third kappa shape index (κ3) is 5.77. The quantitative estimate of drug-likeness (QED) is 0.672. The van der Waals surface area contributed by atoms with Gasteiger partial charge in [-0.1, -0.05) is 6.07 Å². The first kappa shape index (κ1) is 24.8. The Kier molecular flexibility index (Phi) is 7.22. The Bertz CT molecular complexity index is 1080. The summed E-state index contributed by atoms with van der Waals surface area (Å²) in [6, 6.07) is 6.03. The van der Waals surface area contributed by atoms with E-state index in [0.29, 0.717) is 32.1 Å². The third-order valence-corrected chi connectivity index (χ3v) is 8.24. The summed E-state index contributed by atoms with van der Waals surface area (Å²) in [6.07, 6.45) is 0.764. The third-order valence-electron chi connectivity index (χ3n) is 5.64. The topological polar surface area (TPSA) is 123 Å². The second-order valence-corrected chi connectivity index (χ2v) is 10.4. The van der Waals surface area contributed by atoms with Crippen LogP contribution >= 0.6 is 0 Å². The second-order valence-electron chi connectivity index (χ2n) is 7.97. The number of ether oxygens (including phenoxy) is 1. The summed E-state index contributed by atoms with van der Waals surface area (Å²) in [6.45, 7) is 4.03. The summed E-state index contributed by atoms with van der Waals surface area (Å²) >= 11 is 0. The lowest BCUT2D eigenvalue weighted by Crippen LogP contribution is -2.67. The van der Waals surface area contributed by atoms with Gasteiger partial charge in [0.05, 0.1) is 12.4 Å². The molecule has 1 N–H and O–H groups in total. The smallest absolute Gasteiger partial charge is 0.475 e. The van der Waals surface area contributed by atoms with Gasteiger partial charge >= 0.3 is 18.2 Å². The fourth-order valence-electron chi connectivity index (χ4n) is 3.95. The van der Waals surface area contributed by atoms with E-state index in [9.17, 15) is 21.6 Å². The highest BCUT2D eigenvalue weighted by Crippen LogP contribution is 2.45. The summed E-state index contributed by atoms with van der Waals surface area (Å²) in [5, 5.41) is 7.12. The predicted octanol–water partition coefficient (Wildman–Crippen LogP) is 1.88. The minimum atomic E-state index is -5.08. The van der Waals surface area contributed by atoms with E-state index >= 15 is 0 Å². The van der Waals surface area contributed by atoms with Gasteiger partial charge in [0.15, 0.2) is 9.84 Å². The number of aliphatic carboxylic acids is 1. The number of sulfone groups is 1. The van der Waals surface area contributed by atoms with Gasteiger partial charge in [0.2, 0.25) is 0 Å². The van der Waals surface area contributed by atoms with Gasteiger partial charge in [0, 0.05) is 49.8 Å². The Balaban J connectivity index is 0.000000383. The Morgan fingerprint density at radius 3 is 2.58 bits per heavy atom. The summed E-state index contributed by atoms with van der Waals surface area (Å²) in [4.78, 5) is 23.5. The van der Waals surface area contributed by atoms with E-state index in [1.807, 2.05) is 25.3 Å². The zero-order valence-corrected chi connectivity index (χ0v) is 18.5. The van der Waals surface area contributed by atoms with Crippen molar-refractivity contribution < 1.29 is 36.2 Å². The standard InChI is InChI=1S/C18H22N4O3S.C2HF3O2/c1-14-4-7-20-17(21-14)25-11-16-5-8-26(23,24)18(16)12-22(13-18)10-15-3-2-6-19-9-15;3-2(4,5)1(6)7/h2-4,6-7,9,16H,5,8,10-13H2,1H3;(H,6,7). The molecule has 1 spiro atoms. The van der Waals surface area contributed by atoms with Gasteiger partial charge in [-0.25, -0.2) is 23.2 Å². The van der Waals surface area contributed by atoms with Crippen LogP contribution < -0.4 is 4.74 Å². The van der Waals surface area contributed by atoms with Gasteiger partial charge in [0.25, 0.3) is 0 Å². The first-order chi connectivity index (χ1) is 15.4. The predicted molar refractivity (Wildman–Crippen MR) is 110 cm³/mol. The second kappa shape index (κ2) is 9.59. The van der Waals surface area contributed by atoms with Gasteiger partial charge in [0.1, 0.15) is 4.75 Å². The summed E-state index contributed by atoms with van der Waals surface area (Å²) in [5.74, 6) is -2.55. The Hall–Kier alpha value is -2.80. The average Bonchev–Trinajstić information content (AvgIpc) is 2.97. The van der Waals surface area contributed by atoms with Crippen molar-refractivity contribution in [3.8, 4) is 6.01 Å². The molecule has 4 heterocycles. The molecule has 2 aromatic heterocycles. The number of carboxylic acid groups (broad SMARTS) is 1. The van der Waals surface area contributed by atoms with Crippen LogP contribution in [0.15, 0.2) is 36.8 Å². The fourth-order valence-corrected chi connectivity index (χ4v) is 6.40. The van der Waals surface area contributed by atoms with Crippen molar-refractivity contribution in [1.82, 2.24) is 19.9 Å². The van der Waals surface area contributed by atoms with Crippen molar-refractivity contribution in [2.45, 2.75) is 30.8 Å². The first-order valence-electron chi connectivity index (χ1n) is 9.99. The van der Waals surface area contributed by atoms with E-state index < -0.39 is 26.7 Å². The molecule has 0 amide bonds. The molecule has 0 aliphatic carbocycles. The Morgan fingerprint density at radius 1 is 1.30 bits per heavy atom. The van der Waals surface area contributed by atoms with E-state index in [2.05, 4.69) is 19.9 Å². The number of halogens is 3. The number of hydrogen-bond donors (Lipinski definition) is 1. The number of likely N-dealkylation sites (tertiary alicyclic amines) is 1. The van der Waals surface area contributed by atoms with Crippen molar-refractivity contribution in [2.24, 2.45) is 5.92 Å². The van der Waals surface area contributed by atoms with E-state index in [4.69, 9.17) is 14.6 Å². The molecule has 2 aliphatic rings. The van der Waals surface area contributed by atoms with E-state index in [-0.39, 0.29) is 11.7 Å². The number of alkyl halides is 3. The molecule has 4 rings (SSSR count). The number of carboxylic acids is 1. The molecule has 2 aromatic rings. The average molecular weight is 488 g/mol. The van der Waals surface area contributed by atoms with Crippen LogP contribution in [0.4, 0.5) is 13.2 Å². The van der Waals surface area contributed by atoms with Crippen LogP contribution in [0.3, 0.4) is 0 Å². The molecule has 180 valence electrons. The normalized spacial score (nSPS) is 21.0. The molecule has 0 aromatic carbocycles. The number of aromatic nitrogens is 3. The molecular weight excluding hydrogens is 465 g/mol. The lowest BCUT2D eigenvalue weighted by Gasteiger charge is -2.49. The van der Waals surface area contributed by atoms with E-state index in [1.54, 1.807) is 18.5 Å². The molecule has 1 unspecified atom stereocenters. The molecule has 2 fully saturated rings. The number of aryl methyl sites for hydroxylation is 1. The maximum atomic E-state index is 12.7. The maximum absolute atomic E-state index is 12.7. The maximum Gasteiger partial charge on any atom is 0.490 e. The highest BCUT2D eigenvalue weighted by molar-refractivity contribution is 7.93. The Labute approximate surface area is 188 Å². The van der Waals surface area contributed by atoms with Crippen molar-refractivity contribution in [1.29, 1.82) is 0 Å². The first-order valence-corrected chi connectivity index (χ1v) is 11.6. The van der Waals surface area contributed by atoms with Crippen LogP contribution in [0.25, 0.3) is 0 Å². The molecule has 1 atom stereocenters. The minimum Gasteiger partial charge on any atom is -0.475 e. The Morgan fingerprint density at radius 2 is 2.00 bits per heavy atom. The molecule has 9 nitrogen and oxygen atoms in total. The molecule has 0 bridgehead atoms. The van der Waals surface area contributed by atoms with Gasteiger partial charge in [-0.15, -0.1) is 0 Å². The van der Waals surface area contributed by atoms with Crippen LogP contribution in [0.5, 0.6) is 6.01 Å². The van der Waals surface area contributed by atoms with Crippen molar-refractivity contribution in [3.05, 3.63) is 48.0 Å². The van der Waals surface area contributed by atoms with E-state index in [0.717, 1.165) is 17.8 Å². The van der Waals surface area contributed by atoms with Crippen LogP contribution in [-0.2, 0) is 21.2 Å². The molecule has 2 aliphatic heterocycles. The monoisotopic (exact) mass is 488 g/mol. The highest BCUT2D eigenvalue weighted by atomic mass is 32.2. The summed E-state index contributed by atoms with van der Waals surface area (Å²) < 4.78 is 62.2. The molecule has 0 radical (unpaired) electrons. The minimum absolute atomic E-state index is 0.0261. The number of nitrogens with zero attached hydrogens (tertiary/aromatic N) is 4. The van der Waals surface area contributed by atoms with Crippen LogP contribution in [0.2, 0.25) is 0 Å². The number of hydrogen-bond acceptors (Lipinski definition) is 8. The van der Waals surface area contributed by atoms with Crippen molar-refractivity contribution in [2.75, 3.05) is 25.4 Å². The molecule has 0 saturated carbocycles. The van der Waals surface area contributed by atoms with Crippen LogP contribution in [0.1, 0.15) is 17.7 Å².